The third-order valence-electron chi connectivity index (χ3n) is 6.26. The van der Waals surface area contributed by atoms with Gasteiger partial charge in [-0.1, -0.05) is 23.7 Å². The average Bonchev–Trinajstić information content (AvgIpc) is 3.12. The van der Waals surface area contributed by atoms with Crippen LogP contribution in [0, 0.1) is 0 Å². The minimum absolute atomic E-state index is 0.0835. The SMILES string of the molecule is C[C@@H](C(=O)N1CCN(C)CC1)N1CCC(NS(=O)(=O)c2ccc3cc(Cl)ccc3c2)C1=O. The van der Waals surface area contributed by atoms with Crippen molar-refractivity contribution in [1.82, 2.24) is 19.4 Å². The van der Waals surface area contributed by atoms with Crippen molar-refractivity contribution in [3.8, 4) is 0 Å². The van der Waals surface area contributed by atoms with Crippen LogP contribution in [-0.4, -0.2) is 86.8 Å². The molecule has 2 aliphatic rings. The molecule has 1 N–H and O–H groups in total. The highest BCUT2D eigenvalue weighted by Crippen LogP contribution is 2.24. The van der Waals surface area contributed by atoms with E-state index < -0.39 is 22.1 Å². The van der Waals surface area contributed by atoms with Crippen molar-refractivity contribution in [3.05, 3.63) is 41.4 Å². The zero-order chi connectivity index (χ0) is 23.0. The molecule has 2 atom stereocenters. The molecule has 2 amide bonds. The number of hydrogen-bond donors (Lipinski definition) is 1. The molecule has 0 radical (unpaired) electrons. The molecule has 2 aliphatic heterocycles. The number of rotatable bonds is 5. The van der Waals surface area contributed by atoms with Gasteiger partial charge in [-0.25, -0.2) is 8.42 Å². The van der Waals surface area contributed by atoms with Crippen LogP contribution in [0.3, 0.4) is 0 Å². The molecule has 2 heterocycles. The standard InChI is InChI=1S/C22H27ClN4O4S/c1-15(21(28)26-11-9-25(2)10-12-26)27-8-7-20(22(27)29)24-32(30,31)19-6-4-16-13-18(23)5-3-17(16)14-19/h3-6,13-15,20,24H,7-12H2,1-2H3/t15-,20?/m0/s1. The van der Waals surface area contributed by atoms with E-state index in [-0.39, 0.29) is 16.7 Å². The lowest BCUT2D eigenvalue weighted by molar-refractivity contribution is -0.144. The molecule has 0 bridgehead atoms. The van der Waals surface area contributed by atoms with Crippen molar-refractivity contribution >= 4 is 44.2 Å². The number of halogens is 1. The van der Waals surface area contributed by atoms with Crippen LogP contribution in [-0.2, 0) is 19.6 Å². The Morgan fingerprint density at radius 1 is 1.06 bits per heavy atom. The van der Waals surface area contributed by atoms with Crippen molar-refractivity contribution in [2.45, 2.75) is 30.3 Å². The number of fused-ring (bicyclic) bond motifs is 1. The number of nitrogens with zero attached hydrogens (tertiary/aromatic N) is 3. The van der Waals surface area contributed by atoms with Gasteiger partial charge in [-0.3, -0.25) is 9.59 Å². The van der Waals surface area contributed by atoms with Crippen LogP contribution in [0.5, 0.6) is 0 Å². The van der Waals surface area contributed by atoms with Gasteiger partial charge in [0.15, 0.2) is 0 Å². The molecule has 172 valence electrons. The monoisotopic (exact) mass is 478 g/mol. The molecule has 10 heteroatoms. The number of hydrogen-bond acceptors (Lipinski definition) is 5. The molecule has 0 aliphatic carbocycles. The molecule has 8 nitrogen and oxygen atoms in total. The van der Waals surface area contributed by atoms with Crippen LogP contribution in [0.15, 0.2) is 41.3 Å². The minimum Gasteiger partial charge on any atom is -0.338 e. The fraction of sp³-hybridized carbons (Fsp3) is 0.455. The zero-order valence-corrected chi connectivity index (χ0v) is 19.7. The van der Waals surface area contributed by atoms with E-state index in [0.717, 1.165) is 23.9 Å². The van der Waals surface area contributed by atoms with Crippen molar-refractivity contribution in [3.63, 3.8) is 0 Å². The first-order valence-corrected chi connectivity index (χ1v) is 12.5. The number of benzene rings is 2. The summed E-state index contributed by atoms with van der Waals surface area (Å²) in [4.78, 5) is 31.3. The Balaban J connectivity index is 1.44. The van der Waals surface area contributed by atoms with E-state index >= 15 is 0 Å². The maximum absolute atomic E-state index is 13.0. The fourth-order valence-corrected chi connectivity index (χ4v) is 5.68. The van der Waals surface area contributed by atoms with Crippen molar-refractivity contribution < 1.29 is 18.0 Å². The lowest BCUT2D eigenvalue weighted by Crippen LogP contribution is -2.54. The first-order chi connectivity index (χ1) is 15.2. The normalized spacial score (nSPS) is 21.3. The number of carbonyl (C=O) groups is 2. The lowest BCUT2D eigenvalue weighted by atomic mass is 10.1. The molecule has 1 unspecified atom stereocenters. The highest BCUT2D eigenvalue weighted by atomic mass is 35.5. The predicted molar refractivity (Wildman–Crippen MR) is 123 cm³/mol. The van der Waals surface area contributed by atoms with E-state index in [2.05, 4.69) is 9.62 Å². The molecule has 2 aromatic rings. The van der Waals surface area contributed by atoms with Crippen LogP contribution in [0.25, 0.3) is 10.8 Å². The summed E-state index contributed by atoms with van der Waals surface area (Å²) in [6.45, 7) is 4.91. The maximum atomic E-state index is 13.0. The Kier molecular flexibility index (Phi) is 6.44. The van der Waals surface area contributed by atoms with Gasteiger partial charge in [0.05, 0.1) is 4.90 Å². The number of piperazine rings is 1. The lowest BCUT2D eigenvalue weighted by Gasteiger charge is -2.36. The van der Waals surface area contributed by atoms with Crippen molar-refractivity contribution in [2.75, 3.05) is 39.8 Å². The third kappa shape index (κ3) is 4.61. The first-order valence-electron chi connectivity index (χ1n) is 10.7. The van der Waals surface area contributed by atoms with Gasteiger partial charge in [-0.2, -0.15) is 4.72 Å². The van der Waals surface area contributed by atoms with E-state index in [1.807, 2.05) is 7.05 Å². The number of likely N-dealkylation sites (tertiary alicyclic amines) is 1. The zero-order valence-electron chi connectivity index (χ0n) is 18.1. The minimum atomic E-state index is -3.91. The van der Waals surface area contributed by atoms with Gasteiger partial charge in [-0.05, 0) is 55.4 Å². The highest BCUT2D eigenvalue weighted by Gasteiger charge is 2.40. The van der Waals surface area contributed by atoms with Crippen molar-refractivity contribution in [1.29, 1.82) is 0 Å². The van der Waals surface area contributed by atoms with Crippen LogP contribution in [0.4, 0.5) is 0 Å². The number of sulfonamides is 1. The Morgan fingerprint density at radius 3 is 2.44 bits per heavy atom. The van der Waals surface area contributed by atoms with Crippen LogP contribution in [0.1, 0.15) is 13.3 Å². The second kappa shape index (κ2) is 8.97. The fourth-order valence-electron chi connectivity index (χ4n) is 4.24. The summed E-state index contributed by atoms with van der Waals surface area (Å²) in [5.41, 5.74) is 0. The van der Waals surface area contributed by atoms with Gasteiger partial charge in [0.1, 0.15) is 12.1 Å². The van der Waals surface area contributed by atoms with E-state index in [4.69, 9.17) is 11.6 Å². The summed E-state index contributed by atoms with van der Waals surface area (Å²) in [6.07, 6.45) is 0.321. The largest absolute Gasteiger partial charge is 0.338 e. The molecule has 32 heavy (non-hydrogen) atoms. The second-order valence-corrected chi connectivity index (χ2v) is 10.6. The number of amides is 2. The van der Waals surface area contributed by atoms with Gasteiger partial charge < -0.3 is 14.7 Å². The predicted octanol–water partition coefficient (Wildman–Crippen LogP) is 1.53. The van der Waals surface area contributed by atoms with Crippen molar-refractivity contribution in [2.24, 2.45) is 0 Å². The number of nitrogens with one attached hydrogen (secondary N) is 1. The number of carbonyl (C=O) groups excluding carboxylic acids is 2. The molecule has 2 fully saturated rings. The molecular formula is C22H27ClN4O4S. The Hall–Kier alpha value is -2.20. The first kappa shape index (κ1) is 23.0. The molecular weight excluding hydrogens is 452 g/mol. The molecule has 2 aromatic carbocycles. The highest BCUT2D eigenvalue weighted by molar-refractivity contribution is 7.89. The Bertz CT molecular complexity index is 1150. The van der Waals surface area contributed by atoms with E-state index in [1.165, 1.54) is 11.0 Å². The summed E-state index contributed by atoms with van der Waals surface area (Å²) < 4.78 is 28.4. The summed E-state index contributed by atoms with van der Waals surface area (Å²) >= 11 is 5.99. The topological polar surface area (TPSA) is 90.0 Å². The quantitative estimate of drug-likeness (QED) is 0.704. The van der Waals surface area contributed by atoms with Gasteiger partial charge in [0.25, 0.3) is 0 Å². The molecule has 0 saturated carbocycles. The summed E-state index contributed by atoms with van der Waals surface area (Å²) in [5, 5.41) is 2.14. The molecule has 0 spiro atoms. The third-order valence-corrected chi connectivity index (χ3v) is 7.97. The molecule has 0 aromatic heterocycles. The number of likely N-dealkylation sites (N-methyl/N-ethyl adjacent to an activating group) is 1. The second-order valence-electron chi connectivity index (χ2n) is 8.45. The van der Waals surface area contributed by atoms with Gasteiger partial charge in [-0.15, -0.1) is 0 Å². The van der Waals surface area contributed by atoms with Crippen LogP contribution < -0.4 is 4.72 Å². The van der Waals surface area contributed by atoms with Gasteiger partial charge >= 0.3 is 0 Å². The van der Waals surface area contributed by atoms with Gasteiger partial charge in [0, 0.05) is 37.7 Å². The molecule has 2 saturated heterocycles. The van der Waals surface area contributed by atoms with Gasteiger partial charge in [0.2, 0.25) is 21.8 Å². The van der Waals surface area contributed by atoms with Crippen LogP contribution >= 0.6 is 11.6 Å². The summed E-state index contributed by atoms with van der Waals surface area (Å²) in [5.74, 6) is -0.459. The Labute approximate surface area is 193 Å². The molecule has 4 rings (SSSR count). The maximum Gasteiger partial charge on any atom is 0.245 e. The average molecular weight is 479 g/mol. The van der Waals surface area contributed by atoms with E-state index in [9.17, 15) is 18.0 Å². The smallest absolute Gasteiger partial charge is 0.245 e. The summed E-state index contributed by atoms with van der Waals surface area (Å²) in [7, 11) is -1.89. The summed E-state index contributed by atoms with van der Waals surface area (Å²) in [6, 6.07) is 8.46. The van der Waals surface area contributed by atoms with Crippen LogP contribution in [0.2, 0.25) is 5.02 Å². The van der Waals surface area contributed by atoms with E-state index in [0.29, 0.717) is 31.1 Å². The Morgan fingerprint density at radius 2 is 1.72 bits per heavy atom. The van der Waals surface area contributed by atoms with E-state index in [1.54, 1.807) is 42.2 Å².